The zero-order valence-electron chi connectivity index (χ0n) is 18.1. The van der Waals surface area contributed by atoms with Crippen LogP contribution in [0, 0.1) is 0 Å². The van der Waals surface area contributed by atoms with Crippen LogP contribution in [0.4, 0.5) is 0 Å². The Labute approximate surface area is 193 Å². The lowest BCUT2D eigenvalue weighted by atomic mass is 10.2. The van der Waals surface area contributed by atoms with Crippen molar-refractivity contribution in [2.75, 3.05) is 33.8 Å². The van der Waals surface area contributed by atoms with Crippen molar-refractivity contribution in [1.82, 2.24) is 19.6 Å². The van der Waals surface area contributed by atoms with Gasteiger partial charge in [0.15, 0.2) is 6.29 Å². The van der Waals surface area contributed by atoms with Gasteiger partial charge in [-0.2, -0.15) is 5.10 Å². The minimum absolute atomic E-state index is 0.438. The number of amides is 1. The number of benzene rings is 1. The number of aryl methyl sites for hydroxylation is 1. The summed E-state index contributed by atoms with van der Waals surface area (Å²) in [6.07, 6.45) is 5.27. The van der Waals surface area contributed by atoms with Crippen LogP contribution in [-0.2, 0) is 29.2 Å². The summed E-state index contributed by atoms with van der Waals surface area (Å²) in [5.74, 6) is 0. The van der Waals surface area contributed by atoms with E-state index in [0.29, 0.717) is 28.9 Å². The number of carbonyl (C=O) groups excluding carboxylic acids is 2. The number of hydrogen-bond acceptors (Lipinski definition) is 5. The first-order valence-electron chi connectivity index (χ1n) is 10.3. The maximum atomic E-state index is 10.6. The lowest BCUT2D eigenvalue weighted by molar-refractivity contribution is -0.118. The fourth-order valence-corrected chi connectivity index (χ4v) is 3.96. The van der Waals surface area contributed by atoms with Crippen LogP contribution < -0.4 is 0 Å². The molecule has 4 rings (SSSR count). The van der Waals surface area contributed by atoms with Crippen LogP contribution in [0.1, 0.15) is 41.0 Å². The van der Waals surface area contributed by atoms with Crippen LogP contribution in [0.15, 0.2) is 24.3 Å². The van der Waals surface area contributed by atoms with E-state index in [-0.39, 0.29) is 0 Å². The molecule has 1 amide bonds. The van der Waals surface area contributed by atoms with Crippen molar-refractivity contribution < 1.29 is 14.3 Å². The summed E-state index contributed by atoms with van der Waals surface area (Å²) in [5, 5.41) is 5.39. The minimum Gasteiger partial charge on any atom is -0.380 e. The minimum atomic E-state index is 0.438. The Hall–Kier alpha value is -1.93. The van der Waals surface area contributed by atoms with E-state index >= 15 is 0 Å². The summed E-state index contributed by atoms with van der Waals surface area (Å²) < 4.78 is 6.72. The Balaban J connectivity index is 0.000000178. The van der Waals surface area contributed by atoms with Crippen molar-refractivity contribution in [2.45, 2.75) is 39.0 Å². The number of rotatable bonds is 4. The first-order valence-corrected chi connectivity index (χ1v) is 11.0. The number of hydrogen-bond donors (Lipinski definition) is 0. The van der Waals surface area contributed by atoms with Crippen LogP contribution in [0.5, 0.6) is 0 Å². The summed E-state index contributed by atoms with van der Waals surface area (Å²) in [7, 11) is 3.81. The van der Waals surface area contributed by atoms with Crippen LogP contribution in [0.2, 0.25) is 10.0 Å². The number of halogens is 2. The van der Waals surface area contributed by atoms with Gasteiger partial charge in [-0.3, -0.25) is 14.3 Å². The molecule has 31 heavy (non-hydrogen) atoms. The number of ether oxygens (including phenoxy) is 1. The lowest BCUT2D eigenvalue weighted by Gasteiger charge is -2.11. The van der Waals surface area contributed by atoms with Crippen LogP contribution in [0.25, 0.3) is 0 Å². The average Bonchev–Trinajstić information content (AvgIpc) is 3.32. The molecule has 0 N–H and O–H groups in total. The van der Waals surface area contributed by atoms with Gasteiger partial charge >= 0.3 is 0 Å². The van der Waals surface area contributed by atoms with Gasteiger partial charge in [0.1, 0.15) is 5.69 Å². The molecule has 0 bridgehead atoms. The molecule has 1 saturated heterocycles. The van der Waals surface area contributed by atoms with Crippen molar-refractivity contribution >= 4 is 35.9 Å². The fourth-order valence-electron chi connectivity index (χ4n) is 3.39. The molecule has 0 radical (unpaired) electrons. The van der Waals surface area contributed by atoms with Gasteiger partial charge in [0.05, 0.1) is 18.8 Å². The zero-order chi connectivity index (χ0) is 22.6. The predicted molar refractivity (Wildman–Crippen MR) is 123 cm³/mol. The molecule has 0 spiro atoms. The molecule has 1 fully saturated rings. The normalized spacial score (nSPS) is 15.7. The highest BCUT2D eigenvalue weighted by Gasteiger charge is 2.14. The predicted octanol–water partition coefficient (Wildman–Crippen LogP) is 3.91. The molecular weight excluding hydrogens is 439 g/mol. The first kappa shape index (κ1) is 25.3. The second kappa shape index (κ2) is 13.5. The number of carbonyl (C=O) groups is 2. The highest BCUT2D eigenvalue weighted by atomic mass is 35.5. The maximum absolute atomic E-state index is 10.6. The number of methoxy groups -OCH3 is 1. The number of nitrogens with zero attached hydrogens (tertiary/aromatic N) is 4. The largest absolute Gasteiger partial charge is 0.380 e. The fraction of sp³-hybridized carbons (Fsp3) is 0.500. The standard InChI is InChI=1S/C9H11N3O2.C8H8Cl2O.C5H11N/c13-6-8-4-9-5-11(7-14)2-1-3-12(9)10-8;1-11-5-6-2-7(9)4-8(10)3-6;1-6-4-2-3-5-6/h4,6-7H,1-3,5H2;2-4H,5H2,1H3;2-5H2,1H3. The zero-order valence-corrected chi connectivity index (χ0v) is 19.6. The van der Waals surface area contributed by atoms with Gasteiger partial charge in [0.2, 0.25) is 6.41 Å². The Kier molecular flexibility index (Phi) is 11.0. The highest BCUT2D eigenvalue weighted by Crippen LogP contribution is 2.19. The highest BCUT2D eigenvalue weighted by molar-refractivity contribution is 6.34. The Morgan fingerprint density at radius 1 is 1.00 bits per heavy atom. The summed E-state index contributed by atoms with van der Waals surface area (Å²) in [6, 6.07) is 7.09. The Bertz CT molecular complexity index is 818. The van der Waals surface area contributed by atoms with E-state index in [0.717, 1.165) is 43.5 Å². The second-order valence-corrected chi connectivity index (χ2v) is 8.42. The number of aromatic nitrogens is 2. The third-order valence-electron chi connectivity index (χ3n) is 4.90. The smallest absolute Gasteiger partial charge is 0.210 e. The molecule has 7 nitrogen and oxygen atoms in total. The van der Waals surface area contributed by atoms with E-state index in [9.17, 15) is 9.59 Å². The summed E-state index contributed by atoms with van der Waals surface area (Å²) in [5.41, 5.74) is 2.36. The van der Waals surface area contributed by atoms with Crippen LogP contribution in [-0.4, -0.2) is 66.1 Å². The van der Waals surface area contributed by atoms with Gasteiger partial charge in [0.25, 0.3) is 0 Å². The second-order valence-electron chi connectivity index (χ2n) is 7.55. The van der Waals surface area contributed by atoms with Gasteiger partial charge in [0, 0.05) is 30.2 Å². The molecule has 0 atom stereocenters. The molecule has 9 heteroatoms. The van der Waals surface area contributed by atoms with E-state index in [1.807, 2.05) is 12.1 Å². The molecule has 2 aliphatic rings. The van der Waals surface area contributed by atoms with Gasteiger partial charge in [-0.05, 0) is 69.2 Å². The first-order chi connectivity index (χ1) is 14.9. The van der Waals surface area contributed by atoms with Crippen molar-refractivity contribution in [3.05, 3.63) is 51.3 Å². The van der Waals surface area contributed by atoms with Crippen molar-refractivity contribution in [3.8, 4) is 0 Å². The Morgan fingerprint density at radius 3 is 2.19 bits per heavy atom. The van der Waals surface area contributed by atoms with E-state index in [2.05, 4.69) is 17.0 Å². The molecule has 0 saturated carbocycles. The number of aldehydes is 1. The van der Waals surface area contributed by atoms with E-state index < -0.39 is 0 Å². The summed E-state index contributed by atoms with van der Waals surface area (Å²) in [4.78, 5) is 25.2. The molecule has 1 aromatic carbocycles. The molecular formula is C22H30Cl2N4O3. The van der Waals surface area contributed by atoms with Crippen molar-refractivity contribution in [2.24, 2.45) is 0 Å². The SMILES string of the molecule is CN1CCCC1.COCc1cc(Cl)cc(Cl)c1.O=Cc1cc2n(n1)CCCN(C=O)C2. The Morgan fingerprint density at radius 2 is 1.68 bits per heavy atom. The van der Waals surface area contributed by atoms with E-state index in [4.69, 9.17) is 27.9 Å². The molecule has 2 aromatic rings. The third-order valence-corrected chi connectivity index (χ3v) is 5.33. The maximum Gasteiger partial charge on any atom is 0.210 e. The van der Waals surface area contributed by atoms with Gasteiger partial charge in [-0.1, -0.05) is 23.2 Å². The van der Waals surface area contributed by atoms with Gasteiger partial charge in [-0.25, -0.2) is 0 Å². The van der Waals surface area contributed by atoms with Gasteiger partial charge in [-0.15, -0.1) is 0 Å². The average molecular weight is 469 g/mol. The summed E-state index contributed by atoms with van der Waals surface area (Å²) in [6.45, 7) is 5.25. The van der Waals surface area contributed by atoms with E-state index in [1.54, 1.807) is 28.8 Å². The number of likely N-dealkylation sites (tertiary alicyclic amines) is 1. The third kappa shape index (κ3) is 8.99. The lowest BCUT2D eigenvalue weighted by Crippen LogP contribution is -2.20. The van der Waals surface area contributed by atoms with Crippen LogP contribution in [0.3, 0.4) is 0 Å². The molecule has 3 heterocycles. The van der Waals surface area contributed by atoms with E-state index in [1.165, 1.54) is 25.9 Å². The molecule has 1 aromatic heterocycles. The molecule has 0 aliphatic carbocycles. The van der Waals surface area contributed by atoms with Gasteiger partial charge < -0.3 is 14.5 Å². The molecule has 170 valence electrons. The monoisotopic (exact) mass is 468 g/mol. The van der Waals surface area contributed by atoms with Crippen molar-refractivity contribution in [1.29, 1.82) is 0 Å². The molecule has 0 unspecified atom stereocenters. The quantitative estimate of drug-likeness (QED) is 0.636. The van der Waals surface area contributed by atoms with Crippen molar-refractivity contribution in [3.63, 3.8) is 0 Å². The summed E-state index contributed by atoms with van der Waals surface area (Å²) >= 11 is 11.5. The number of fused-ring (bicyclic) bond motifs is 1. The topological polar surface area (TPSA) is 67.7 Å². The van der Waals surface area contributed by atoms with Crippen LogP contribution >= 0.6 is 23.2 Å². The molecule has 2 aliphatic heterocycles.